The van der Waals surface area contributed by atoms with Gasteiger partial charge in [0.25, 0.3) is 0 Å². The topological polar surface area (TPSA) is 73.8 Å². The summed E-state index contributed by atoms with van der Waals surface area (Å²) in [4.78, 5) is 7.54. The minimum Gasteiger partial charge on any atom is -0.357 e. The van der Waals surface area contributed by atoms with Crippen LogP contribution in [-0.4, -0.2) is 57.8 Å². The highest BCUT2D eigenvalue weighted by Crippen LogP contribution is 2.17. The molecule has 154 valence electrons. The third-order valence-electron chi connectivity index (χ3n) is 4.81. The molecular formula is C19H33IN4O2S. The van der Waals surface area contributed by atoms with Gasteiger partial charge in [-0.15, -0.1) is 24.0 Å². The summed E-state index contributed by atoms with van der Waals surface area (Å²) in [5, 5.41) is 6.73. The van der Waals surface area contributed by atoms with E-state index in [0.717, 1.165) is 36.7 Å². The Labute approximate surface area is 181 Å². The number of likely N-dealkylation sites (tertiary alicyclic amines) is 1. The van der Waals surface area contributed by atoms with Gasteiger partial charge in [-0.1, -0.05) is 19.1 Å². The second-order valence-corrected chi connectivity index (χ2v) is 8.86. The Bertz CT molecular complexity index is 737. The number of nitrogens with one attached hydrogen (secondary N) is 2. The lowest BCUT2D eigenvalue weighted by atomic mass is 10.1. The molecule has 0 radical (unpaired) electrons. The summed E-state index contributed by atoms with van der Waals surface area (Å²) in [6, 6.07) is 5.99. The van der Waals surface area contributed by atoms with Crippen molar-refractivity contribution >= 4 is 39.8 Å². The molecule has 1 atom stereocenters. The molecule has 8 heteroatoms. The highest BCUT2D eigenvalue weighted by Gasteiger charge is 2.22. The Morgan fingerprint density at radius 2 is 2.04 bits per heavy atom. The van der Waals surface area contributed by atoms with Gasteiger partial charge in [0.1, 0.15) is 0 Å². The van der Waals surface area contributed by atoms with Crippen molar-refractivity contribution < 1.29 is 8.42 Å². The normalized spacial score (nSPS) is 18.2. The maximum atomic E-state index is 11.7. The van der Waals surface area contributed by atoms with Gasteiger partial charge >= 0.3 is 0 Å². The number of guanidine groups is 1. The molecule has 1 heterocycles. The number of halogens is 1. The SMILES string of the molecule is CCNC(=NCc1ccc(S(C)(=O)=O)c(C)c1)NCC1CCCN1CC.I. The van der Waals surface area contributed by atoms with E-state index in [4.69, 9.17) is 0 Å². The average Bonchev–Trinajstić information content (AvgIpc) is 3.03. The van der Waals surface area contributed by atoms with Crippen molar-refractivity contribution in [3.63, 3.8) is 0 Å². The number of hydrogen-bond donors (Lipinski definition) is 2. The number of rotatable bonds is 7. The van der Waals surface area contributed by atoms with Crippen LogP contribution in [0.1, 0.15) is 37.8 Å². The molecule has 0 aromatic heterocycles. The second-order valence-electron chi connectivity index (χ2n) is 6.87. The molecule has 1 aromatic rings. The molecule has 6 nitrogen and oxygen atoms in total. The average molecular weight is 508 g/mol. The van der Waals surface area contributed by atoms with Gasteiger partial charge in [-0.2, -0.15) is 0 Å². The Balaban J connectivity index is 0.00000364. The lowest BCUT2D eigenvalue weighted by molar-refractivity contribution is 0.267. The number of aryl methyl sites for hydroxylation is 1. The van der Waals surface area contributed by atoms with Crippen LogP contribution in [0.2, 0.25) is 0 Å². The summed E-state index contributed by atoms with van der Waals surface area (Å²) in [5.41, 5.74) is 1.77. The molecule has 27 heavy (non-hydrogen) atoms. The van der Waals surface area contributed by atoms with Crippen molar-refractivity contribution in [2.45, 2.75) is 51.1 Å². The van der Waals surface area contributed by atoms with Crippen molar-refractivity contribution in [2.24, 2.45) is 4.99 Å². The Kier molecular flexibility index (Phi) is 10.0. The summed E-state index contributed by atoms with van der Waals surface area (Å²) in [6.07, 6.45) is 3.73. The van der Waals surface area contributed by atoms with Crippen molar-refractivity contribution in [2.75, 3.05) is 32.4 Å². The molecule has 0 spiro atoms. The first kappa shape index (κ1) is 24.2. The second kappa shape index (κ2) is 11.2. The molecule has 1 aromatic carbocycles. The molecule has 2 N–H and O–H groups in total. The predicted molar refractivity (Wildman–Crippen MR) is 123 cm³/mol. The molecule has 0 amide bonds. The van der Waals surface area contributed by atoms with Gasteiger partial charge in [-0.3, -0.25) is 4.90 Å². The summed E-state index contributed by atoms with van der Waals surface area (Å²) in [7, 11) is -3.18. The minimum absolute atomic E-state index is 0. The van der Waals surface area contributed by atoms with Gasteiger partial charge in [0.05, 0.1) is 11.4 Å². The Morgan fingerprint density at radius 1 is 1.30 bits per heavy atom. The maximum Gasteiger partial charge on any atom is 0.191 e. The smallest absolute Gasteiger partial charge is 0.191 e. The van der Waals surface area contributed by atoms with Gasteiger partial charge < -0.3 is 10.6 Å². The van der Waals surface area contributed by atoms with Gasteiger partial charge in [-0.05, 0) is 57.0 Å². The maximum absolute atomic E-state index is 11.7. The molecule has 1 unspecified atom stereocenters. The molecule has 1 saturated heterocycles. The van der Waals surface area contributed by atoms with Crippen LogP contribution in [0.4, 0.5) is 0 Å². The first-order valence-electron chi connectivity index (χ1n) is 9.41. The zero-order chi connectivity index (χ0) is 19.2. The quantitative estimate of drug-likeness (QED) is 0.337. The number of sulfone groups is 1. The monoisotopic (exact) mass is 508 g/mol. The van der Waals surface area contributed by atoms with E-state index in [-0.39, 0.29) is 24.0 Å². The predicted octanol–water partition coefficient (Wildman–Crippen LogP) is 2.56. The van der Waals surface area contributed by atoms with E-state index < -0.39 is 9.84 Å². The number of hydrogen-bond acceptors (Lipinski definition) is 4. The van der Waals surface area contributed by atoms with Crippen LogP contribution in [0, 0.1) is 6.92 Å². The Morgan fingerprint density at radius 3 is 2.63 bits per heavy atom. The zero-order valence-electron chi connectivity index (χ0n) is 16.8. The lowest BCUT2D eigenvalue weighted by Gasteiger charge is -2.24. The van der Waals surface area contributed by atoms with Crippen LogP contribution in [0.15, 0.2) is 28.1 Å². The van der Waals surface area contributed by atoms with Crippen molar-refractivity contribution in [3.8, 4) is 0 Å². The van der Waals surface area contributed by atoms with Gasteiger partial charge in [-0.25, -0.2) is 13.4 Å². The van der Waals surface area contributed by atoms with E-state index in [0.29, 0.717) is 17.5 Å². The third-order valence-corrected chi connectivity index (χ3v) is 6.07. The Hall–Kier alpha value is -0.870. The van der Waals surface area contributed by atoms with E-state index in [1.165, 1.54) is 25.6 Å². The fourth-order valence-corrected chi connectivity index (χ4v) is 4.45. The number of benzene rings is 1. The fraction of sp³-hybridized carbons (Fsp3) is 0.632. The summed E-state index contributed by atoms with van der Waals surface area (Å²) in [6.45, 7) is 10.6. The number of nitrogens with zero attached hydrogens (tertiary/aromatic N) is 2. The standard InChI is InChI=1S/C19H32N4O2S.HI/c1-5-20-19(22-14-17-8-7-11-23(17)6-2)21-13-16-9-10-18(15(3)12-16)26(4,24)25;/h9-10,12,17H,5-8,11,13-14H2,1-4H3,(H2,20,21,22);1H. The van der Waals surface area contributed by atoms with Crippen molar-refractivity contribution in [1.82, 2.24) is 15.5 Å². The summed E-state index contributed by atoms with van der Waals surface area (Å²) < 4.78 is 23.5. The fourth-order valence-electron chi connectivity index (χ4n) is 3.50. The van der Waals surface area contributed by atoms with E-state index >= 15 is 0 Å². The van der Waals surface area contributed by atoms with Crippen molar-refractivity contribution in [1.29, 1.82) is 0 Å². The first-order chi connectivity index (χ1) is 12.3. The highest BCUT2D eigenvalue weighted by atomic mass is 127. The molecule has 0 aliphatic carbocycles. The highest BCUT2D eigenvalue weighted by molar-refractivity contribution is 14.0. The molecule has 0 bridgehead atoms. The molecule has 1 aliphatic rings. The molecular weight excluding hydrogens is 475 g/mol. The van der Waals surface area contributed by atoms with Crippen LogP contribution in [0.25, 0.3) is 0 Å². The molecule has 0 saturated carbocycles. The van der Waals surface area contributed by atoms with Crippen LogP contribution in [-0.2, 0) is 16.4 Å². The van der Waals surface area contributed by atoms with E-state index in [9.17, 15) is 8.42 Å². The van der Waals surface area contributed by atoms with E-state index in [1.807, 2.05) is 19.1 Å². The van der Waals surface area contributed by atoms with Crippen LogP contribution >= 0.6 is 24.0 Å². The van der Waals surface area contributed by atoms with Gasteiger partial charge in [0.15, 0.2) is 15.8 Å². The van der Waals surface area contributed by atoms with E-state index in [1.54, 1.807) is 6.07 Å². The number of aliphatic imine (C=N–C) groups is 1. The van der Waals surface area contributed by atoms with Gasteiger partial charge in [0, 0.05) is 25.4 Å². The van der Waals surface area contributed by atoms with Crippen LogP contribution in [0.5, 0.6) is 0 Å². The lowest BCUT2D eigenvalue weighted by Crippen LogP contribution is -2.44. The minimum atomic E-state index is -3.18. The van der Waals surface area contributed by atoms with Crippen LogP contribution in [0.3, 0.4) is 0 Å². The molecule has 1 fully saturated rings. The molecule has 2 rings (SSSR count). The summed E-state index contributed by atoms with van der Waals surface area (Å²) in [5.74, 6) is 0.806. The molecule has 1 aliphatic heterocycles. The van der Waals surface area contributed by atoms with Crippen molar-refractivity contribution in [3.05, 3.63) is 29.3 Å². The first-order valence-corrected chi connectivity index (χ1v) is 11.3. The number of likely N-dealkylation sites (N-methyl/N-ethyl adjacent to an activating group) is 1. The van der Waals surface area contributed by atoms with Gasteiger partial charge in [0.2, 0.25) is 0 Å². The third kappa shape index (κ3) is 7.23. The van der Waals surface area contributed by atoms with E-state index in [2.05, 4.69) is 34.4 Å². The van der Waals surface area contributed by atoms with Crippen LogP contribution < -0.4 is 10.6 Å². The zero-order valence-corrected chi connectivity index (χ0v) is 19.9. The summed E-state index contributed by atoms with van der Waals surface area (Å²) >= 11 is 0. The largest absolute Gasteiger partial charge is 0.357 e.